The van der Waals surface area contributed by atoms with Crippen LogP contribution in [0.2, 0.25) is 0 Å². The van der Waals surface area contributed by atoms with E-state index in [1.165, 1.54) is 0 Å². The number of carboxylic acid groups (broad SMARTS) is 1. The summed E-state index contributed by atoms with van der Waals surface area (Å²) in [6.07, 6.45) is 2.89. The monoisotopic (exact) mass is 182 g/mol. The fourth-order valence-corrected chi connectivity index (χ4v) is 1.79. The first kappa shape index (κ1) is 8.47. The Bertz CT molecular complexity index is 303. The Morgan fingerprint density at radius 1 is 1.54 bits per heavy atom. The van der Waals surface area contributed by atoms with Gasteiger partial charge in [0.05, 0.1) is 6.61 Å². The number of carboxylic acids is 1. The van der Waals surface area contributed by atoms with Crippen molar-refractivity contribution in [2.45, 2.75) is 12.7 Å². The first-order valence-electron chi connectivity index (χ1n) is 4.15. The average molecular weight is 182 g/mol. The number of rotatable bonds is 1. The number of carbonyl (C=O) groups is 1. The van der Waals surface area contributed by atoms with Crippen molar-refractivity contribution >= 4 is 5.97 Å². The number of aliphatic hydroxyl groups is 1. The lowest BCUT2D eigenvalue weighted by atomic mass is 9.90. The zero-order chi connectivity index (χ0) is 9.42. The molecule has 2 rings (SSSR count). The topological polar surface area (TPSA) is 66.8 Å². The third kappa shape index (κ3) is 1.28. The third-order valence-electron chi connectivity index (χ3n) is 2.45. The molecule has 0 aromatic rings. The molecule has 0 radical (unpaired) electrons. The second-order valence-electron chi connectivity index (χ2n) is 3.16. The average Bonchev–Trinajstić information content (AvgIpc) is 2.48. The number of ether oxygens (including phenoxy) is 1. The van der Waals surface area contributed by atoms with Crippen molar-refractivity contribution in [1.82, 2.24) is 0 Å². The van der Waals surface area contributed by atoms with E-state index in [0.717, 1.165) is 0 Å². The van der Waals surface area contributed by atoms with E-state index in [0.29, 0.717) is 24.2 Å². The lowest BCUT2D eigenvalue weighted by molar-refractivity contribution is -0.134. The van der Waals surface area contributed by atoms with Gasteiger partial charge in [0, 0.05) is 11.5 Å². The molecule has 1 fully saturated rings. The maximum absolute atomic E-state index is 10.7. The number of allylic oxidation sites excluding steroid dienone is 2. The quantitative estimate of drug-likeness (QED) is 0.611. The summed E-state index contributed by atoms with van der Waals surface area (Å²) in [5.41, 5.74) is 1.03. The summed E-state index contributed by atoms with van der Waals surface area (Å²) < 4.78 is 4.98. The van der Waals surface area contributed by atoms with Crippen LogP contribution in [0.5, 0.6) is 0 Å². The van der Waals surface area contributed by atoms with E-state index in [2.05, 4.69) is 0 Å². The maximum atomic E-state index is 10.7. The third-order valence-corrected chi connectivity index (χ3v) is 2.45. The van der Waals surface area contributed by atoms with Gasteiger partial charge in [0.1, 0.15) is 0 Å². The minimum absolute atomic E-state index is 0.152. The lowest BCUT2D eigenvalue weighted by Gasteiger charge is -2.27. The molecule has 0 saturated carbocycles. The molecule has 0 bridgehead atoms. The molecular weight excluding hydrogens is 172 g/mol. The molecule has 4 heteroatoms. The van der Waals surface area contributed by atoms with Crippen LogP contribution < -0.4 is 0 Å². The molecule has 0 aromatic heterocycles. The van der Waals surface area contributed by atoms with Crippen molar-refractivity contribution in [2.75, 3.05) is 6.61 Å². The smallest absolute Gasteiger partial charge is 0.332 e. The van der Waals surface area contributed by atoms with Gasteiger partial charge in [0.15, 0.2) is 6.29 Å². The van der Waals surface area contributed by atoms with E-state index in [9.17, 15) is 9.90 Å². The summed E-state index contributed by atoms with van der Waals surface area (Å²) in [5.74, 6) is -1.06. The maximum Gasteiger partial charge on any atom is 0.332 e. The standard InChI is InChI=1S/C9H10O4/c10-8(11)6-1-2-7-5(6)3-4-13-9(7)12/h1-2,5,9,12H,3-4H2,(H,10,11). The van der Waals surface area contributed by atoms with Crippen LogP contribution in [0, 0.1) is 5.92 Å². The van der Waals surface area contributed by atoms with E-state index in [4.69, 9.17) is 9.84 Å². The summed E-state index contributed by atoms with van der Waals surface area (Å²) in [4.78, 5) is 10.7. The highest BCUT2D eigenvalue weighted by Crippen LogP contribution is 2.35. The molecule has 0 spiro atoms. The zero-order valence-corrected chi connectivity index (χ0v) is 6.93. The van der Waals surface area contributed by atoms with Crippen LogP contribution in [0.25, 0.3) is 0 Å². The van der Waals surface area contributed by atoms with E-state index in [-0.39, 0.29) is 5.92 Å². The second-order valence-corrected chi connectivity index (χ2v) is 3.16. The molecule has 0 amide bonds. The van der Waals surface area contributed by atoms with Crippen LogP contribution in [0.1, 0.15) is 6.42 Å². The molecule has 2 aliphatic rings. The van der Waals surface area contributed by atoms with Crippen molar-refractivity contribution < 1.29 is 19.7 Å². The molecule has 13 heavy (non-hydrogen) atoms. The normalized spacial score (nSPS) is 32.1. The van der Waals surface area contributed by atoms with Gasteiger partial charge in [-0.3, -0.25) is 0 Å². The van der Waals surface area contributed by atoms with Crippen LogP contribution in [0.4, 0.5) is 0 Å². The van der Waals surface area contributed by atoms with Gasteiger partial charge >= 0.3 is 5.97 Å². The highest BCUT2D eigenvalue weighted by Gasteiger charge is 2.34. The van der Waals surface area contributed by atoms with Gasteiger partial charge in [-0.05, 0) is 12.0 Å². The number of aliphatic carboxylic acids is 1. The van der Waals surface area contributed by atoms with Gasteiger partial charge in [-0.2, -0.15) is 0 Å². The Kier molecular flexibility index (Phi) is 1.94. The molecule has 1 saturated heterocycles. The highest BCUT2D eigenvalue weighted by molar-refractivity contribution is 5.89. The summed E-state index contributed by atoms with van der Waals surface area (Å²) in [5, 5.41) is 18.2. The first-order valence-corrected chi connectivity index (χ1v) is 4.15. The Hall–Kier alpha value is -1.13. The van der Waals surface area contributed by atoms with Crippen molar-refractivity contribution in [3.63, 3.8) is 0 Å². The van der Waals surface area contributed by atoms with Crippen LogP contribution in [0.3, 0.4) is 0 Å². The summed E-state index contributed by atoms with van der Waals surface area (Å²) in [6.45, 7) is 0.411. The van der Waals surface area contributed by atoms with Gasteiger partial charge in [0.25, 0.3) is 0 Å². The van der Waals surface area contributed by atoms with Crippen LogP contribution in [-0.2, 0) is 9.53 Å². The van der Waals surface area contributed by atoms with Crippen LogP contribution >= 0.6 is 0 Å². The number of aliphatic hydroxyl groups excluding tert-OH is 1. The predicted octanol–water partition coefficient (Wildman–Crippen LogP) is 0.292. The van der Waals surface area contributed by atoms with Crippen molar-refractivity contribution in [1.29, 1.82) is 0 Å². The Balaban J connectivity index is 2.22. The predicted molar refractivity (Wildman–Crippen MR) is 43.9 cm³/mol. The Morgan fingerprint density at radius 3 is 3.00 bits per heavy atom. The number of hydrogen-bond acceptors (Lipinski definition) is 3. The van der Waals surface area contributed by atoms with E-state index < -0.39 is 12.3 Å². The molecule has 0 aromatic carbocycles. The molecule has 4 nitrogen and oxygen atoms in total. The van der Waals surface area contributed by atoms with Crippen molar-refractivity contribution in [3.8, 4) is 0 Å². The van der Waals surface area contributed by atoms with Crippen LogP contribution in [-0.4, -0.2) is 29.1 Å². The van der Waals surface area contributed by atoms with Gasteiger partial charge in [-0.25, -0.2) is 4.79 Å². The molecule has 70 valence electrons. The molecule has 1 heterocycles. The summed E-state index contributed by atoms with van der Waals surface area (Å²) in [6, 6.07) is 0. The number of fused-ring (bicyclic) bond motifs is 1. The minimum atomic E-state index is -0.924. The largest absolute Gasteiger partial charge is 0.478 e. The van der Waals surface area contributed by atoms with Gasteiger partial charge in [-0.15, -0.1) is 0 Å². The summed E-state index contributed by atoms with van der Waals surface area (Å²) in [7, 11) is 0. The Labute approximate surface area is 75.1 Å². The van der Waals surface area contributed by atoms with E-state index in [1.54, 1.807) is 12.2 Å². The van der Waals surface area contributed by atoms with Crippen molar-refractivity contribution in [3.05, 3.63) is 23.3 Å². The zero-order valence-electron chi connectivity index (χ0n) is 6.93. The van der Waals surface area contributed by atoms with E-state index in [1.807, 2.05) is 0 Å². The minimum Gasteiger partial charge on any atom is -0.478 e. The molecule has 2 unspecified atom stereocenters. The van der Waals surface area contributed by atoms with Crippen LogP contribution in [0.15, 0.2) is 23.3 Å². The highest BCUT2D eigenvalue weighted by atomic mass is 16.6. The van der Waals surface area contributed by atoms with Crippen molar-refractivity contribution in [2.24, 2.45) is 5.92 Å². The molecule has 1 aliphatic carbocycles. The van der Waals surface area contributed by atoms with E-state index >= 15 is 0 Å². The molecular formula is C9H10O4. The SMILES string of the molecule is O=C(O)C1=CC=C2C(O)OCCC12. The molecule has 1 aliphatic heterocycles. The second kappa shape index (κ2) is 2.97. The Morgan fingerprint density at radius 2 is 2.31 bits per heavy atom. The first-order chi connectivity index (χ1) is 6.20. The summed E-state index contributed by atoms with van der Waals surface area (Å²) >= 11 is 0. The van der Waals surface area contributed by atoms with Gasteiger partial charge in [-0.1, -0.05) is 12.2 Å². The van der Waals surface area contributed by atoms with Gasteiger partial charge < -0.3 is 14.9 Å². The number of hydrogen-bond donors (Lipinski definition) is 2. The fraction of sp³-hybridized carbons (Fsp3) is 0.444. The fourth-order valence-electron chi connectivity index (χ4n) is 1.79. The molecule has 2 atom stereocenters. The lowest BCUT2D eigenvalue weighted by Crippen LogP contribution is -2.29. The molecule has 2 N–H and O–H groups in total. The van der Waals surface area contributed by atoms with Gasteiger partial charge in [0.2, 0.25) is 0 Å².